The van der Waals surface area contributed by atoms with Gasteiger partial charge in [0.2, 0.25) is 0 Å². The van der Waals surface area contributed by atoms with E-state index in [1.807, 2.05) is 19.2 Å². The molecule has 0 radical (unpaired) electrons. The van der Waals surface area contributed by atoms with E-state index in [0.29, 0.717) is 24.0 Å². The quantitative estimate of drug-likeness (QED) is 0.819. The molecule has 3 heteroatoms. The summed E-state index contributed by atoms with van der Waals surface area (Å²) in [5.41, 5.74) is 1.46. The van der Waals surface area contributed by atoms with Crippen molar-refractivity contribution in [3.8, 4) is 0 Å². The molecule has 2 bridgehead atoms. The van der Waals surface area contributed by atoms with E-state index in [9.17, 15) is 0 Å². The van der Waals surface area contributed by atoms with Crippen LogP contribution in [0.5, 0.6) is 0 Å². The number of nitrogens with zero attached hydrogens (tertiary/aromatic N) is 1. The third-order valence-electron chi connectivity index (χ3n) is 6.37. The standard InChI is InChI=1S/C19H26ClNO/c1-21-15-9-10-17(21)18(19(22-2)13-3-4-13)16(11-15)12-5-7-14(20)8-6-12/h5-8,13,15-19H,3-4,9-11H2,1-2H3/t15?,16-,17-,18-,19-/m1/s1. The molecule has 2 aliphatic heterocycles. The van der Waals surface area contributed by atoms with Crippen LogP contribution in [0.1, 0.15) is 43.6 Å². The Morgan fingerprint density at radius 2 is 1.86 bits per heavy atom. The van der Waals surface area contributed by atoms with E-state index in [0.717, 1.165) is 17.0 Å². The average Bonchev–Trinajstić information content (AvgIpc) is 3.31. The van der Waals surface area contributed by atoms with Crippen molar-refractivity contribution in [3.63, 3.8) is 0 Å². The van der Waals surface area contributed by atoms with Gasteiger partial charge in [-0.15, -0.1) is 0 Å². The molecule has 0 amide bonds. The molecule has 2 heterocycles. The first-order valence-corrected chi connectivity index (χ1v) is 9.07. The molecule has 1 unspecified atom stereocenters. The third kappa shape index (κ3) is 2.50. The Bertz CT molecular complexity index is 525. The number of halogens is 1. The van der Waals surface area contributed by atoms with Gasteiger partial charge in [-0.05, 0) is 68.7 Å². The summed E-state index contributed by atoms with van der Waals surface area (Å²) in [6.07, 6.45) is 7.08. The number of ether oxygens (including phenoxy) is 1. The van der Waals surface area contributed by atoms with Crippen LogP contribution >= 0.6 is 11.6 Å². The van der Waals surface area contributed by atoms with Gasteiger partial charge in [-0.25, -0.2) is 0 Å². The lowest BCUT2D eigenvalue weighted by atomic mass is 9.72. The molecule has 1 aromatic rings. The topological polar surface area (TPSA) is 12.5 Å². The fourth-order valence-corrected chi connectivity index (χ4v) is 5.24. The second kappa shape index (κ2) is 5.81. The van der Waals surface area contributed by atoms with Crippen molar-refractivity contribution in [1.29, 1.82) is 0 Å². The predicted molar refractivity (Wildman–Crippen MR) is 90.4 cm³/mol. The van der Waals surface area contributed by atoms with Gasteiger partial charge >= 0.3 is 0 Å². The molecule has 0 N–H and O–H groups in total. The van der Waals surface area contributed by atoms with Crippen LogP contribution in [0.15, 0.2) is 24.3 Å². The zero-order chi connectivity index (χ0) is 15.3. The molecular formula is C19H26ClNO. The number of piperidine rings is 1. The van der Waals surface area contributed by atoms with E-state index in [1.54, 1.807) is 0 Å². The molecule has 1 saturated carbocycles. The van der Waals surface area contributed by atoms with Crippen LogP contribution in [0.4, 0.5) is 0 Å². The van der Waals surface area contributed by atoms with Crippen LogP contribution in [0.25, 0.3) is 0 Å². The van der Waals surface area contributed by atoms with E-state index in [1.165, 1.54) is 37.7 Å². The minimum atomic E-state index is 0.423. The first-order chi connectivity index (χ1) is 10.7. The average molecular weight is 320 g/mol. The maximum Gasteiger partial charge on any atom is 0.0648 e. The molecule has 120 valence electrons. The van der Waals surface area contributed by atoms with Gasteiger partial charge in [-0.1, -0.05) is 23.7 Å². The number of benzene rings is 1. The predicted octanol–water partition coefficient (Wildman–Crippen LogP) is 4.33. The van der Waals surface area contributed by atoms with Crippen LogP contribution < -0.4 is 0 Å². The number of fused-ring (bicyclic) bond motifs is 2. The van der Waals surface area contributed by atoms with Gasteiger partial charge < -0.3 is 9.64 Å². The molecular weight excluding hydrogens is 294 g/mol. The van der Waals surface area contributed by atoms with Crippen LogP contribution in [-0.2, 0) is 4.74 Å². The number of methoxy groups -OCH3 is 1. The van der Waals surface area contributed by atoms with E-state index in [-0.39, 0.29) is 0 Å². The van der Waals surface area contributed by atoms with Gasteiger partial charge in [0.1, 0.15) is 0 Å². The summed E-state index contributed by atoms with van der Waals surface area (Å²) in [5.74, 6) is 2.04. The van der Waals surface area contributed by atoms with Crippen LogP contribution in [-0.4, -0.2) is 37.2 Å². The Morgan fingerprint density at radius 3 is 2.50 bits per heavy atom. The fourth-order valence-electron chi connectivity index (χ4n) is 5.11. The summed E-state index contributed by atoms with van der Waals surface area (Å²) in [4.78, 5) is 2.64. The van der Waals surface area contributed by atoms with Crippen LogP contribution in [0.2, 0.25) is 5.02 Å². The van der Waals surface area contributed by atoms with Gasteiger partial charge in [0, 0.05) is 30.1 Å². The smallest absolute Gasteiger partial charge is 0.0648 e. The zero-order valence-corrected chi connectivity index (χ0v) is 14.3. The summed E-state index contributed by atoms with van der Waals surface area (Å²) < 4.78 is 6.04. The lowest BCUT2D eigenvalue weighted by Crippen LogP contribution is -2.51. The molecule has 1 aromatic carbocycles. The molecule has 0 spiro atoms. The van der Waals surface area contributed by atoms with Crippen molar-refractivity contribution in [2.24, 2.45) is 11.8 Å². The number of rotatable bonds is 4. The summed E-state index contributed by atoms with van der Waals surface area (Å²) in [6, 6.07) is 10.0. The highest BCUT2D eigenvalue weighted by Crippen LogP contribution is 2.52. The van der Waals surface area contributed by atoms with Gasteiger partial charge in [0.05, 0.1) is 6.10 Å². The highest BCUT2D eigenvalue weighted by molar-refractivity contribution is 6.30. The van der Waals surface area contributed by atoms with E-state index in [2.05, 4.69) is 24.1 Å². The molecule has 5 atom stereocenters. The second-order valence-corrected chi connectivity index (χ2v) is 7.91. The fraction of sp³-hybridized carbons (Fsp3) is 0.684. The molecule has 3 aliphatic rings. The largest absolute Gasteiger partial charge is 0.381 e. The summed E-state index contributed by atoms with van der Waals surface area (Å²) >= 11 is 6.10. The maximum absolute atomic E-state index is 6.10. The van der Waals surface area contributed by atoms with Crippen molar-refractivity contribution in [3.05, 3.63) is 34.9 Å². The number of hydrogen-bond donors (Lipinski definition) is 0. The first-order valence-electron chi connectivity index (χ1n) is 8.69. The molecule has 2 nitrogen and oxygen atoms in total. The molecule has 4 rings (SSSR count). The lowest BCUT2D eigenvalue weighted by Gasteiger charge is -2.46. The van der Waals surface area contributed by atoms with Gasteiger partial charge in [-0.2, -0.15) is 0 Å². The van der Waals surface area contributed by atoms with Crippen molar-refractivity contribution in [1.82, 2.24) is 4.90 Å². The lowest BCUT2D eigenvalue weighted by molar-refractivity contribution is -0.0320. The summed E-state index contributed by atoms with van der Waals surface area (Å²) in [7, 11) is 4.25. The molecule has 0 aromatic heterocycles. The molecule has 22 heavy (non-hydrogen) atoms. The van der Waals surface area contributed by atoms with E-state index in [4.69, 9.17) is 16.3 Å². The Balaban J connectivity index is 1.69. The molecule has 1 aliphatic carbocycles. The maximum atomic E-state index is 6.10. The molecule has 3 fully saturated rings. The summed E-state index contributed by atoms with van der Waals surface area (Å²) in [5, 5.41) is 0.835. The third-order valence-corrected chi connectivity index (χ3v) is 6.62. The highest BCUT2D eigenvalue weighted by atomic mass is 35.5. The summed E-state index contributed by atoms with van der Waals surface area (Å²) in [6.45, 7) is 0. The first kappa shape index (κ1) is 15.0. The van der Waals surface area contributed by atoms with Gasteiger partial charge in [0.25, 0.3) is 0 Å². The van der Waals surface area contributed by atoms with Crippen molar-refractivity contribution < 1.29 is 4.74 Å². The van der Waals surface area contributed by atoms with E-state index >= 15 is 0 Å². The monoisotopic (exact) mass is 319 g/mol. The van der Waals surface area contributed by atoms with Crippen molar-refractivity contribution in [2.75, 3.05) is 14.2 Å². The minimum absolute atomic E-state index is 0.423. The molecule has 2 saturated heterocycles. The normalized spacial score (nSPS) is 36.5. The Labute approximate surface area is 138 Å². The minimum Gasteiger partial charge on any atom is -0.381 e. The Hall–Kier alpha value is -0.570. The SMILES string of the molecule is CO[C@H](C1CC1)[C@@H]1[C@@H](c2ccc(Cl)cc2)CC2CC[C@H]1N2C. The zero-order valence-electron chi connectivity index (χ0n) is 13.5. The highest BCUT2D eigenvalue weighted by Gasteiger charge is 2.51. The second-order valence-electron chi connectivity index (χ2n) is 7.47. The van der Waals surface area contributed by atoms with Gasteiger partial charge in [0.15, 0.2) is 0 Å². The van der Waals surface area contributed by atoms with Crippen LogP contribution in [0, 0.1) is 11.8 Å². The van der Waals surface area contributed by atoms with E-state index < -0.39 is 0 Å². The Kier molecular flexibility index (Phi) is 3.96. The number of hydrogen-bond acceptors (Lipinski definition) is 2. The van der Waals surface area contributed by atoms with Crippen molar-refractivity contribution in [2.45, 2.75) is 56.2 Å². The van der Waals surface area contributed by atoms with Crippen molar-refractivity contribution >= 4 is 11.6 Å². The van der Waals surface area contributed by atoms with Crippen LogP contribution in [0.3, 0.4) is 0 Å². The van der Waals surface area contributed by atoms with Gasteiger partial charge in [-0.3, -0.25) is 0 Å². The Morgan fingerprint density at radius 1 is 1.14 bits per heavy atom.